The average molecular weight is 259 g/mol. The van der Waals surface area contributed by atoms with Gasteiger partial charge in [-0.1, -0.05) is 0 Å². The summed E-state index contributed by atoms with van der Waals surface area (Å²) in [5.41, 5.74) is 1.08. The van der Waals surface area contributed by atoms with Crippen molar-refractivity contribution >= 4 is 11.3 Å². The molecule has 3 rings (SSSR count). The zero-order valence-corrected chi connectivity index (χ0v) is 11.6. The summed E-state index contributed by atoms with van der Waals surface area (Å²) in [6.45, 7) is 0. The first-order valence-corrected chi connectivity index (χ1v) is 6.98. The van der Waals surface area contributed by atoms with Crippen LogP contribution in [0.1, 0.15) is 25.7 Å². The monoisotopic (exact) mass is 259 g/mol. The Morgan fingerprint density at radius 2 is 2.05 bits per heavy atom. The van der Waals surface area contributed by atoms with E-state index in [0.717, 1.165) is 11.3 Å². The highest BCUT2D eigenvalue weighted by Crippen LogP contribution is 2.27. The highest BCUT2D eigenvalue weighted by Gasteiger charge is 2.24. The minimum atomic E-state index is 0.582. The lowest BCUT2D eigenvalue weighted by Gasteiger charge is -2.35. The van der Waals surface area contributed by atoms with Crippen molar-refractivity contribution in [3.05, 3.63) is 24.7 Å². The second-order valence-electron chi connectivity index (χ2n) is 5.32. The predicted molar refractivity (Wildman–Crippen MR) is 76.5 cm³/mol. The van der Waals surface area contributed by atoms with Gasteiger partial charge < -0.3 is 10.2 Å². The first-order valence-electron chi connectivity index (χ1n) is 6.98. The van der Waals surface area contributed by atoms with Gasteiger partial charge in [-0.25, -0.2) is 9.50 Å². The molecule has 0 aliphatic heterocycles. The third-order valence-electron chi connectivity index (χ3n) is 4.29. The molecule has 1 aliphatic rings. The van der Waals surface area contributed by atoms with E-state index in [4.69, 9.17) is 0 Å². The highest BCUT2D eigenvalue weighted by molar-refractivity contribution is 5.68. The van der Waals surface area contributed by atoms with Crippen LogP contribution in [0.3, 0.4) is 0 Å². The summed E-state index contributed by atoms with van der Waals surface area (Å²) in [6.07, 6.45) is 10.5. The van der Waals surface area contributed by atoms with Crippen molar-refractivity contribution in [1.82, 2.24) is 19.9 Å². The molecule has 5 heteroatoms. The van der Waals surface area contributed by atoms with Gasteiger partial charge in [0.1, 0.15) is 5.52 Å². The molecule has 0 saturated heterocycles. The number of fused-ring (bicyclic) bond motifs is 1. The minimum absolute atomic E-state index is 0.582. The predicted octanol–water partition coefficient (Wildman–Crippen LogP) is 1.70. The number of anilines is 1. The van der Waals surface area contributed by atoms with E-state index < -0.39 is 0 Å². The van der Waals surface area contributed by atoms with E-state index in [2.05, 4.69) is 34.4 Å². The maximum Gasteiger partial charge on any atom is 0.154 e. The van der Waals surface area contributed by atoms with Gasteiger partial charge in [0.15, 0.2) is 5.82 Å². The van der Waals surface area contributed by atoms with Gasteiger partial charge >= 0.3 is 0 Å². The van der Waals surface area contributed by atoms with Crippen LogP contribution in [-0.4, -0.2) is 40.8 Å². The molecule has 5 nitrogen and oxygen atoms in total. The highest BCUT2D eigenvalue weighted by atomic mass is 15.3. The Bertz CT molecular complexity index is 542. The van der Waals surface area contributed by atoms with E-state index in [1.54, 1.807) is 0 Å². The number of nitrogens with one attached hydrogen (secondary N) is 1. The van der Waals surface area contributed by atoms with Crippen LogP contribution in [0.2, 0.25) is 0 Å². The second kappa shape index (κ2) is 5.17. The van der Waals surface area contributed by atoms with Crippen molar-refractivity contribution in [1.29, 1.82) is 0 Å². The molecule has 19 heavy (non-hydrogen) atoms. The van der Waals surface area contributed by atoms with Gasteiger partial charge in [0, 0.05) is 31.5 Å². The molecule has 1 fully saturated rings. The standard InChI is InChI=1S/C14H21N5/c1-15-11-3-5-12(6-4-11)18(2)14-13-7-8-17-19(13)10-9-16-14/h7-12,15H,3-6H2,1-2H3. The Hall–Kier alpha value is -1.62. The Labute approximate surface area is 113 Å². The van der Waals surface area contributed by atoms with Gasteiger partial charge in [-0.15, -0.1) is 0 Å². The van der Waals surface area contributed by atoms with Crippen molar-refractivity contribution < 1.29 is 0 Å². The topological polar surface area (TPSA) is 45.5 Å². The molecule has 0 amide bonds. The Morgan fingerprint density at radius 3 is 2.79 bits per heavy atom. The lowest BCUT2D eigenvalue weighted by Crippen LogP contribution is -2.40. The van der Waals surface area contributed by atoms with Crippen molar-refractivity contribution in [2.45, 2.75) is 37.8 Å². The Kier molecular flexibility index (Phi) is 3.38. The molecule has 0 spiro atoms. The molecule has 0 unspecified atom stereocenters. The van der Waals surface area contributed by atoms with E-state index in [9.17, 15) is 0 Å². The van der Waals surface area contributed by atoms with Gasteiger partial charge in [0.25, 0.3) is 0 Å². The molecule has 1 aliphatic carbocycles. The molecular weight excluding hydrogens is 238 g/mol. The van der Waals surface area contributed by atoms with Crippen molar-refractivity contribution in [2.24, 2.45) is 0 Å². The molecule has 0 aromatic carbocycles. The molecule has 1 N–H and O–H groups in total. The molecule has 0 bridgehead atoms. The van der Waals surface area contributed by atoms with Gasteiger partial charge in [-0.05, 0) is 38.8 Å². The summed E-state index contributed by atoms with van der Waals surface area (Å²) in [6, 6.07) is 3.29. The van der Waals surface area contributed by atoms with Crippen LogP contribution in [0.15, 0.2) is 24.7 Å². The fraction of sp³-hybridized carbons (Fsp3) is 0.571. The summed E-state index contributed by atoms with van der Waals surface area (Å²) in [4.78, 5) is 6.87. The van der Waals surface area contributed by atoms with E-state index in [0.29, 0.717) is 12.1 Å². The Morgan fingerprint density at radius 1 is 1.26 bits per heavy atom. The van der Waals surface area contributed by atoms with Crippen molar-refractivity contribution in [2.75, 3.05) is 19.0 Å². The van der Waals surface area contributed by atoms with Crippen LogP contribution in [0, 0.1) is 0 Å². The van der Waals surface area contributed by atoms with E-state index in [-0.39, 0.29) is 0 Å². The number of aromatic nitrogens is 3. The molecule has 1 saturated carbocycles. The van der Waals surface area contributed by atoms with Crippen LogP contribution < -0.4 is 10.2 Å². The molecular formula is C14H21N5. The quantitative estimate of drug-likeness (QED) is 0.911. The third-order valence-corrected chi connectivity index (χ3v) is 4.29. The van der Waals surface area contributed by atoms with E-state index in [1.165, 1.54) is 25.7 Å². The van der Waals surface area contributed by atoms with Gasteiger partial charge in [-0.2, -0.15) is 5.10 Å². The van der Waals surface area contributed by atoms with Crippen LogP contribution in [0.5, 0.6) is 0 Å². The van der Waals surface area contributed by atoms with Crippen molar-refractivity contribution in [3.63, 3.8) is 0 Å². The number of hydrogen-bond acceptors (Lipinski definition) is 4. The lowest BCUT2D eigenvalue weighted by molar-refractivity contribution is 0.351. The molecule has 2 aromatic rings. The summed E-state index contributed by atoms with van der Waals surface area (Å²) in [7, 11) is 4.21. The zero-order valence-electron chi connectivity index (χ0n) is 11.6. The Balaban J connectivity index is 1.80. The maximum atomic E-state index is 4.54. The summed E-state index contributed by atoms with van der Waals surface area (Å²) >= 11 is 0. The number of hydrogen-bond donors (Lipinski definition) is 1. The fourth-order valence-corrected chi connectivity index (χ4v) is 3.04. The maximum absolute atomic E-state index is 4.54. The van der Waals surface area contributed by atoms with Crippen LogP contribution in [-0.2, 0) is 0 Å². The molecule has 2 aromatic heterocycles. The smallest absolute Gasteiger partial charge is 0.154 e. The number of nitrogens with zero attached hydrogens (tertiary/aromatic N) is 4. The molecule has 102 valence electrons. The summed E-state index contributed by atoms with van der Waals surface area (Å²) < 4.78 is 1.89. The largest absolute Gasteiger partial charge is 0.355 e. The van der Waals surface area contributed by atoms with Gasteiger partial charge in [0.05, 0.1) is 6.20 Å². The fourth-order valence-electron chi connectivity index (χ4n) is 3.04. The first kappa shape index (κ1) is 12.4. The lowest BCUT2D eigenvalue weighted by atomic mass is 9.90. The molecule has 2 heterocycles. The van der Waals surface area contributed by atoms with Gasteiger partial charge in [0.2, 0.25) is 0 Å². The van der Waals surface area contributed by atoms with Crippen LogP contribution in [0.25, 0.3) is 5.52 Å². The molecule has 0 atom stereocenters. The van der Waals surface area contributed by atoms with Crippen LogP contribution >= 0.6 is 0 Å². The van der Waals surface area contributed by atoms with E-state index >= 15 is 0 Å². The van der Waals surface area contributed by atoms with E-state index in [1.807, 2.05) is 29.2 Å². The minimum Gasteiger partial charge on any atom is -0.355 e. The SMILES string of the molecule is CNC1CCC(N(C)c2nccn3nccc23)CC1. The normalized spacial score (nSPS) is 23.7. The average Bonchev–Trinajstić information content (AvgIpc) is 2.95. The molecule has 0 radical (unpaired) electrons. The third kappa shape index (κ3) is 2.30. The van der Waals surface area contributed by atoms with Gasteiger partial charge in [-0.3, -0.25) is 0 Å². The second-order valence-corrected chi connectivity index (χ2v) is 5.32. The first-order chi connectivity index (χ1) is 9.29. The number of rotatable bonds is 3. The zero-order chi connectivity index (χ0) is 13.2. The van der Waals surface area contributed by atoms with Crippen molar-refractivity contribution in [3.8, 4) is 0 Å². The summed E-state index contributed by atoms with van der Waals surface area (Å²) in [5, 5.41) is 7.65. The summed E-state index contributed by atoms with van der Waals surface area (Å²) in [5.74, 6) is 1.04. The van der Waals surface area contributed by atoms with Crippen LogP contribution in [0.4, 0.5) is 5.82 Å².